The van der Waals surface area contributed by atoms with E-state index in [1.54, 1.807) is 19.1 Å². The normalized spacial score (nSPS) is 19.2. The Morgan fingerprint density at radius 2 is 2.00 bits per heavy atom. The van der Waals surface area contributed by atoms with Crippen LogP contribution in [0, 0.1) is 5.92 Å². The predicted octanol–water partition coefficient (Wildman–Crippen LogP) is 4.95. The number of carbonyl (C=O) groups is 1. The Morgan fingerprint density at radius 3 is 2.67 bits per heavy atom. The van der Waals surface area contributed by atoms with Crippen LogP contribution in [0.5, 0.6) is 0 Å². The fourth-order valence-electron chi connectivity index (χ4n) is 3.52. The first-order chi connectivity index (χ1) is 14.3. The first-order valence-electron chi connectivity index (χ1n) is 9.55. The molecule has 0 saturated heterocycles. The third-order valence-corrected chi connectivity index (χ3v) is 5.60. The van der Waals surface area contributed by atoms with Crippen LogP contribution < -0.4 is 0 Å². The van der Waals surface area contributed by atoms with Crippen LogP contribution in [-0.4, -0.2) is 41.2 Å². The summed E-state index contributed by atoms with van der Waals surface area (Å²) in [6.07, 6.45) is 1.28. The second-order valence-corrected chi connectivity index (χ2v) is 7.97. The van der Waals surface area contributed by atoms with E-state index in [2.05, 4.69) is 15.2 Å². The van der Waals surface area contributed by atoms with Crippen molar-refractivity contribution in [3.63, 3.8) is 0 Å². The number of hydrogen-bond donors (Lipinski definition) is 0. The molecular formula is C21H23Cl2N3O4. The lowest BCUT2D eigenvalue weighted by molar-refractivity contribution is -0.148. The second-order valence-electron chi connectivity index (χ2n) is 7.18. The molecule has 0 fully saturated rings. The first kappa shape index (κ1) is 22.5. The van der Waals surface area contributed by atoms with E-state index in [-0.39, 0.29) is 18.6 Å². The number of benzene rings is 1. The van der Waals surface area contributed by atoms with Gasteiger partial charge in [0.15, 0.2) is 0 Å². The lowest BCUT2D eigenvalue weighted by atomic mass is 9.75. The van der Waals surface area contributed by atoms with Crippen molar-refractivity contribution in [2.24, 2.45) is 10.9 Å². The zero-order valence-electron chi connectivity index (χ0n) is 17.2. The van der Waals surface area contributed by atoms with Gasteiger partial charge in [0.25, 0.3) is 0 Å². The number of aromatic nitrogens is 2. The molecule has 0 radical (unpaired) electrons. The number of carbonyl (C=O) groups excluding carboxylic acids is 1. The van der Waals surface area contributed by atoms with Gasteiger partial charge >= 0.3 is 5.97 Å². The summed E-state index contributed by atoms with van der Waals surface area (Å²) >= 11 is 12.8. The highest BCUT2D eigenvalue weighted by Crippen LogP contribution is 2.47. The Labute approximate surface area is 185 Å². The average Bonchev–Trinajstić information content (AvgIpc) is 3.21. The van der Waals surface area contributed by atoms with Crippen LogP contribution >= 0.6 is 23.2 Å². The maximum atomic E-state index is 13.1. The van der Waals surface area contributed by atoms with Gasteiger partial charge in [-0.25, -0.2) is 0 Å². The second kappa shape index (κ2) is 9.73. The summed E-state index contributed by atoms with van der Waals surface area (Å²) < 4.78 is 16.4. The third-order valence-electron chi connectivity index (χ3n) is 4.77. The molecule has 2 aromatic rings. The van der Waals surface area contributed by atoms with Gasteiger partial charge in [-0.2, -0.15) is 0 Å². The van der Waals surface area contributed by atoms with Gasteiger partial charge in [0.05, 0.1) is 22.8 Å². The molecule has 0 aliphatic carbocycles. The van der Waals surface area contributed by atoms with Gasteiger partial charge in [-0.3, -0.25) is 9.79 Å². The Hall–Kier alpha value is -2.22. The smallest absolute Gasteiger partial charge is 0.315 e. The fourth-order valence-corrected chi connectivity index (χ4v) is 3.95. The number of nitrogens with zero attached hydrogens (tertiary/aromatic N) is 3. The van der Waals surface area contributed by atoms with Crippen molar-refractivity contribution in [3.8, 4) is 0 Å². The molecule has 0 saturated carbocycles. The number of hydrogen-bond acceptors (Lipinski definition) is 7. The molecule has 2 unspecified atom stereocenters. The summed E-state index contributed by atoms with van der Waals surface area (Å²) in [4.78, 5) is 17.7. The predicted molar refractivity (Wildman–Crippen MR) is 115 cm³/mol. The maximum Gasteiger partial charge on any atom is 0.315 e. The van der Waals surface area contributed by atoms with Crippen molar-refractivity contribution in [2.75, 3.05) is 13.2 Å². The molecule has 9 heteroatoms. The van der Waals surface area contributed by atoms with E-state index >= 15 is 0 Å². The van der Waals surface area contributed by atoms with Crippen LogP contribution in [0.4, 0.5) is 0 Å². The van der Waals surface area contributed by atoms with Crippen molar-refractivity contribution in [1.29, 1.82) is 0 Å². The first-order valence-corrected chi connectivity index (χ1v) is 10.3. The highest BCUT2D eigenvalue weighted by atomic mass is 35.5. The molecule has 1 aromatic heterocycles. The minimum Gasteiger partial charge on any atom is -0.463 e. The Kier molecular flexibility index (Phi) is 7.28. The van der Waals surface area contributed by atoms with Crippen LogP contribution in [-0.2, 0) is 14.3 Å². The van der Waals surface area contributed by atoms with Gasteiger partial charge in [-0.1, -0.05) is 35.3 Å². The van der Waals surface area contributed by atoms with Gasteiger partial charge in [0.2, 0.25) is 12.3 Å². The Morgan fingerprint density at radius 1 is 1.23 bits per heavy atom. The van der Waals surface area contributed by atoms with Crippen molar-refractivity contribution in [2.45, 2.75) is 39.7 Å². The van der Waals surface area contributed by atoms with Crippen LogP contribution in [0.3, 0.4) is 0 Å². The lowest BCUT2D eigenvalue weighted by Gasteiger charge is -2.31. The number of esters is 1. The minimum absolute atomic E-state index is 0.0504. The average molecular weight is 452 g/mol. The molecule has 1 aromatic carbocycles. The van der Waals surface area contributed by atoms with Gasteiger partial charge in [0.1, 0.15) is 12.5 Å². The van der Waals surface area contributed by atoms with Gasteiger partial charge in [-0.15, -0.1) is 10.2 Å². The minimum atomic E-state index is -0.731. The number of halogens is 2. The zero-order chi connectivity index (χ0) is 21.8. The van der Waals surface area contributed by atoms with E-state index in [0.29, 0.717) is 39.2 Å². The fraction of sp³-hybridized carbons (Fsp3) is 0.429. The molecule has 160 valence electrons. The molecule has 0 bridgehead atoms. The van der Waals surface area contributed by atoms with Crippen LogP contribution in [0.2, 0.25) is 10.0 Å². The summed E-state index contributed by atoms with van der Waals surface area (Å²) in [6, 6.07) is 5.30. The summed E-state index contributed by atoms with van der Waals surface area (Å²) in [5.74, 6) is -1.45. The largest absolute Gasteiger partial charge is 0.463 e. The molecule has 7 nitrogen and oxygen atoms in total. The van der Waals surface area contributed by atoms with Gasteiger partial charge in [-0.05, 0) is 39.3 Å². The SMILES string of the molecule is CC1=NC(C)=C(c2nnco2)C(c2cccc(Cl)c2Cl)C1C(=O)OCCOC(C)C. The summed E-state index contributed by atoms with van der Waals surface area (Å²) in [7, 11) is 0. The van der Waals surface area contributed by atoms with E-state index in [1.807, 2.05) is 26.8 Å². The van der Waals surface area contributed by atoms with Crippen LogP contribution in [0.25, 0.3) is 5.57 Å². The molecule has 0 amide bonds. The third kappa shape index (κ3) is 4.74. The molecule has 2 atom stereocenters. The molecular weight excluding hydrogens is 429 g/mol. The molecule has 3 rings (SSSR count). The number of ether oxygens (including phenoxy) is 2. The number of aliphatic imine (C=N–C) groups is 1. The van der Waals surface area contributed by atoms with Crippen LogP contribution in [0.15, 0.2) is 39.7 Å². The molecule has 0 spiro atoms. The van der Waals surface area contributed by atoms with E-state index in [9.17, 15) is 4.79 Å². The molecule has 30 heavy (non-hydrogen) atoms. The summed E-state index contributed by atoms with van der Waals surface area (Å²) in [5.41, 5.74) is 2.53. The summed E-state index contributed by atoms with van der Waals surface area (Å²) in [5, 5.41) is 8.55. The monoisotopic (exact) mass is 451 g/mol. The Balaban J connectivity index is 2.03. The van der Waals surface area contributed by atoms with Crippen LogP contribution in [0.1, 0.15) is 45.1 Å². The molecule has 2 heterocycles. The van der Waals surface area contributed by atoms with Gasteiger partial charge in [0, 0.05) is 22.9 Å². The number of allylic oxidation sites excluding steroid dienone is 2. The maximum absolute atomic E-state index is 13.1. The molecule has 1 aliphatic heterocycles. The van der Waals surface area contributed by atoms with Crippen molar-refractivity contribution >= 4 is 40.5 Å². The van der Waals surface area contributed by atoms with E-state index in [0.717, 1.165) is 0 Å². The van der Waals surface area contributed by atoms with Crippen molar-refractivity contribution in [3.05, 3.63) is 51.8 Å². The zero-order valence-corrected chi connectivity index (χ0v) is 18.7. The van der Waals surface area contributed by atoms with E-state index in [1.165, 1.54) is 6.39 Å². The summed E-state index contributed by atoms with van der Waals surface area (Å²) in [6.45, 7) is 7.89. The Bertz CT molecular complexity index is 971. The standard InChI is InChI=1S/C21H23Cl2N3O4/c1-11(2)28-8-9-29-21(27)17-13(4)25-12(3)16(20-26-24-10-30-20)18(17)14-6-5-7-15(22)19(14)23/h5-7,10-11,17-18H,8-9H2,1-4H3. The highest BCUT2D eigenvalue weighted by molar-refractivity contribution is 6.42. The quantitative estimate of drug-likeness (QED) is 0.437. The molecule has 0 N–H and O–H groups in total. The highest BCUT2D eigenvalue weighted by Gasteiger charge is 2.42. The van der Waals surface area contributed by atoms with E-state index in [4.69, 9.17) is 37.1 Å². The lowest BCUT2D eigenvalue weighted by Crippen LogP contribution is -2.34. The van der Waals surface area contributed by atoms with Crippen molar-refractivity contribution in [1.82, 2.24) is 10.2 Å². The van der Waals surface area contributed by atoms with Crippen molar-refractivity contribution < 1.29 is 18.7 Å². The molecule has 1 aliphatic rings. The van der Waals surface area contributed by atoms with E-state index < -0.39 is 17.8 Å². The topological polar surface area (TPSA) is 86.8 Å². The number of rotatable bonds is 7. The van der Waals surface area contributed by atoms with Gasteiger partial charge < -0.3 is 13.9 Å².